The highest BCUT2D eigenvalue weighted by molar-refractivity contribution is 5.95. The molecule has 1 N–H and O–H groups in total. The van der Waals surface area contributed by atoms with Crippen molar-refractivity contribution in [3.63, 3.8) is 0 Å². The van der Waals surface area contributed by atoms with Crippen LogP contribution < -0.4 is 10.2 Å². The number of carbonyl (C=O) groups is 1. The highest BCUT2D eigenvalue weighted by Crippen LogP contribution is 2.31. The molecule has 7 heteroatoms. The van der Waals surface area contributed by atoms with Crippen LogP contribution in [0.3, 0.4) is 0 Å². The average Bonchev–Trinajstić information content (AvgIpc) is 2.54. The first kappa shape index (κ1) is 16.5. The van der Waals surface area contributed by atoms with Gasteiger partial charge in [-0.05, 0) is 30.3 Å². The molecular formula is C16H13F3N2O2. The third-order valence-electron chi connectivity index (χ3n) is 2.99. The van der Waals surface area contributed by atoms with Gasteiger partial charge in [-0.1, -0.05) is 18.2 Å². The van der Waals surface area contributed by atoms with Crippen LogP contribution in [0, 0.1) is 0 Å². The molecule has 0 saturated carbocycles. The molecule has 0 saturated heterocycles. The van der Waals surface area contributed by atoms with Crippen molar-refractivity contribution in [2.75, 3.05) is 7.11 Å². The topological polar surface area (TPSA) is 50.7 Å². The number of carbonyl (C=O) groups excluding carboxylic acids is 1. The molecule has 2 aromatic carbocycles. The molecule has 0 aliphatic carbocycles. The predicted molar refractivity (Wildman–Crippen MR) is 79.5 cm³/mol. The highest BCUT2D eigenvalue weighted by atomic mass is 19.4. The largest absolute Gasteiger partial charge is 0.497 e. The fourth-order valence-electron chi connectivity index (χ4n) is 1.84. The number of rotatable bonds is 4. The summed E-state index contributed by atoms with van der Waals surface area (Å²) in [5.41, 5.74) is 1.55. The van der Waals surface area contributed by atoms with E-state index in [4.69, 9.17) is 4.74 Å². The van der Waals surface area contributed by atoms with Gasteiger partial charge in [-0.25, -0.2) is 5.43 Å². The number of methoxy groups -OCH3 is 1. The Bertz CT molecular complexity index is 710. The minimum absolute atomic E-state index is 0.130. The van der Waals surface area contributed by atoms with Crippen LogP contribution >= 0.6 is 0 Å². The molecule has 120 valence electrons. The van der Waals surface area contributed by atoms with E-state index in [9.17, 15) is 18.0 Å². The maximum Gasteiger partial charge on any atom is 0.417 e. The third-order valence-corrected chi connectivity index (χ3v) is 2.99. The first-order valence-corrected chi connectivity index (χ1v) is 6.55. The number of hydrogen-bond donors (Lipinski definition) is 1. The van der Waals surface area contributed by atoms with E-state index in [0.717, 1.165) is 12.3 Å². The number of halogens is 3. The van der Waals surface area contributed by atoms with Crippen LogP contribution in [0.15, 0.2) is 53.6 Å². The molecule has 4 nitrogen and oxygen atoms in total. The van der Waals surface area contributed by atoms with E-state index in [1.165, 1.54) is 37.4 Å². The molecule has 0 atom stereocenters. The van der Waals surface area contributed by atoms with Gasteiger partial charge in [-0.15, -0.1) is 0 Å². The second kappa shape index (κ2) is 6.95. The van der Waals surface area contributed by atoms with Crippen LogP contribution in [0.25, 0.3) is 0 Å². The summed E-state index contributed by atoms with van der Waals surface area (Å²) in [6, 6.07) is 11.2. The van der Waals surface area contributed by atoms with Crippen molar-refractivity contribution in [1.29, 1.82) is 0 Å². The molecule has 23 heavy (non-hydrogen) atoms. The number of hydrazone groups is 1. The van der Waals surface area contributed by atoms with Gasteiger partial charge in [0.1, 0.15) is 5.75 Å². The summed E-state index contributed by atoms with van der Waals surface area (Å²) >= 11 is 0. The van der Waals surface area contributed by atoms with E-state index in [0.29, 0.717) is 11.3 Å². The van der Waals surface area contributed by atoms with Gasteiger partial charge < -0.3 is 4.74 Å². The highest BCUT2D eigenvalue weighted by Gasteiger charge is 2.32. The fourth-order valence-corrected chi connectivity index (χ4v) is 1.84. The Labute approximate surface area is 130 Å². The number of nitrogens with zero attached hydrogens (tertiary/aromatic N) is 1. The van der Waals surface area contributed by atoms with Gasteiger partial charge in [0.05, 0.1) is 18.9 Å². The summed E-state index contributed by atoms with van der Waals surface area (Å²) in [4.78, 5) is 11.8. The molecule has 0 aliphatic heterocycles. The van der Waals surface area contributed by atoms with E-state index in [2.05, 4.69) is 10.5 Å². The number of ether oxygens (including phenoxy) is 1. The number of benzene rings is 2. The van der Waals surface area contributed by atoms with Crippen molar-refractivity contribution in [3.05, 3.63) is 65.2 Å². The smallest absolute Gasteiger partial charge is 0.417 e. The number of amides is 1. The zero-order valence-electron chi connectivity index (χ0n) is 12.1. The van der Waals surface area contributed by atoms with Gasteiger partial charge in [0.15, 0.2) is 0 Å². The van der Waals surface area contributed by atoms with E-state index in [-0.39, 0.29) is 5.56 Å². The van der Waals surface area contributed by atoms with Gasteiger partial charge >= 0.3 is 6.18 Å². The summed E-state index contributed by atoms with van der Waals surface area (Å²) in [6.45, 7) is 0. The standard InChI is InChI=1S/C16H13F3N2O2/c1-23-13-8-6-11(7-9-13)15(22)21-20-10-12-4-2-3-5-14(12)16(17,18)19/h2-10H,1H3,(H,21,22)/b20-10+. The van der Waals surface area contributed by atoms with E-state index < -0.39 is 17.6 Å². The molecule has 0 spiro atoms. The Balaban J connectivity index is 2.08. The fraction of sp³-hybridized carbons (Fsp3) is 0.125. The molecular weight excluding hydrogens is 309 g/mol. The van der Waals surface area contributed by atoms with Crippen molar-refractivity contribution < 1.29 is 22.7 Å². The molecule has 1 amide bonds. The van der Waals surface area contributed by atoms with Crippen molar-refractivity contribution >= 4 is 12.1 Å². The Morgan fingerprint density at radius 2 is 1.78 bits per heavy atom. The maximum absolute atomic E-state index is 12.8. The lowest BCUT2D eigenvalue weighted by Gasteiger charge is -2.09. The van der Waals surface area contributed by atoms with Crippen LogP contribution in [0.1, 0.15) is 21.5 Å². The zero-order valence-corrected chi connectivity index (χ0v) is 12.1. The molecule has 0 aromatic heterocycles. The Kier molecular flexibility index (Phi) is 5.00. The maximum atomic E-state index is 12.8. The Morgan fingerprint density at radius 1 is 1.13 bits per heavy atom. The molecule has 0 fully saturated rings. The minimum Gasteiger partial charge on any atom is -0.497 e. The van der Waals surface area contributed by atoms with E-state index in [1.807, 2.05) is 0 Å². The quantitative estimate of drug-likeness (QED) is 0.692. The summed E-state index contributed by atoms with van der Waals surface area (Å²) in [6.07, 6.45) is -3.52. The molecule has 2 aromatic rings. The summed E-state index contributed by atoms with van der Waals surface area (Å²) < 4.78 is 43.4. The van der Waals surface area contributed by atoms with Gasteiger partial charge in [-0.3, -0.25) is 4.79 Å². The van der Waals surface area contributed by atoms with Crippen LogP contribution in [0.4, 0.5) is 13.2 Å². The molecule has 0 aliphatic rings. The van der Waals surface area contributed by atoms with Crippen LogP contribution in [-0.2, 0) is 6.18 Å². The molecule has 0 unspecified atom stereocenters. The van der Waals surface area contributed by atoms with Crippen LogP contribution in [0.5, 0.6) is 5.75 Å². The predicted octanol–water partition coefficient (Wildman–Crippen LogP) is 3.48. The molecule has 2 rings (SSSR count). The minimum atomic E-state index is -4.48. The third kappa shape index (κ3) is 4.32. The zero-order chi connectivity index (χ0) is 16.9. The molecule has 0 radical (unpaired) electrons. The van der Waals surface area contributed by atoms with Crippen LogP contribution in [-0.4, -0.2) is 19.2 Å². The lowest BCUT2D eigenvalue weighted by molar-refractivity contribution is -0.137. The number of nitrogens with one attached hydrogen (secondary N) is 1. The lowest BCUT2D eigenvalue weighted by atomic mass is 10.1. The monoisotopic (exact) mass is 322 g/mol. The second-order valence-electron chi connectivity index (χ2n) is 4.51. The van der Waals surface area contributed by atoms with Crippen molar-refractivity contribution in [1.82, 2.24) is 5.43 Å². The summed E-state index contributed by atoms with van der Waals surface area (Å²) in [7, 11) is 1.50. The van der Waals surface area contributed by atoms with Crippen molar-refractivity contribution in [2.45, 2.75) is 6.18 Å². The SMILES string of the molecule is COc1ccc(C(=O)N/N=C/c2ccccc2C(F)(F)F)cc1. The van der Waals surface area contributed by atoms with E-state index >= 15 is 0 Å². The van der Waals surface area contributed by atoms with E-state index in [1.54, 1.807) is 12.1 Å². The Morgan fingerprint density at radius 3 is 2.39 bits per heavy atom. The first-order valence-electron chi connectivity index (χ1n) is 6.55. The van der Waals surface area contributed by atoms with Gasteiger partial charge in [0.25, 0.3) is 5.91 Å². The molecule has 0 heterocycles. The first-order chi connectivity index (χ1) is 10.9. The van der Waals surface area contributed by atoms with Crippen molar-refractivity contribution in [3.8, 4) is 5.75 Å². The normalized spacial score (nSPS) is 11.5. The Hall–Kier alpha value is -2.83. The molecule has 0 bridgehead atoms. The average molecular weight is 322 g/mol. The summed E-state index contributed by atoms with van der Waals surface area (Å²) in [5, 5.41) is 3.58. The summed E-state index contributed by atoms with van der Waals surface area (Å²) in [5.74, 6) is 0.0533. The van der Waals surface area contributed by atoms with Crippen LogP contribution in [0.2, 0.25) is 0 Å². The second-order valence-corrected chi connectivity index (χ2v) is 4.51. The van der Waals surface area contributed by atoms with Crippen molar-refractivity contribution in [2.24, 2.45) is 5.10 Å². The van der Waals surface area contributed by atoms with Gasteiger partial charge in [-0.2, -0.15) is 18.3 Å². The van der Waals surface area contributed by atoms with Gasteiger partial charge in [0.2, 0.25) is 0 Å². The number of hydrogen-bond acceptors (Lipinski definition) is 3. The van der Waals surface area contributed by atoms with Gasteiger partial charge in [0, 0.05) is 11.1 Å². The number of alkyl halides is 3. The lowest BCUT2D eigenvalue weighted by Crippen LogP contribution is -2.18.